The largest absolute Gasteiger partial charge is 0.383 e. The number of hydrogen-bond donors (Lipinski definition) is 2. The number of halogens is 2. The third-order valence-corrected chi connectivity index (χ3v) is 10.1. The minimum atomic E-state index is -3.85. The van der Waals surface area contributed by atoms with Crippen molar-refractivity contribution in [2.24, 2.45) is 7.05 Å². The molecule has 5 rings (SSSR count). The number of benzene rings is 2. The van der Waals surface area contributed by atoms with Gasteiger partial charge in [-0.1, -0.05) is 0 Å². The molecule has 2 N–H and O–H groups in total. The highest BCUT2D eigenvalue weighted by molar-refractivity contribution is 7.89. The van der Waals surface area contributed by atoms with Crippen LogP contribution in [0.25, 0.3) is 0 Å². The smallest absolute Gasteiger partial charge is 0.262 e. The van der Waals surface area contributed by atoms with Gasteiger partial charge in [-0.3, -0.25) is 9.59 Å². The number of hydrogen-bond acceptors (Lipinski definition) is 7. The van der Waals surface area contributed by atoms with Gasteiger partial charge in [0.1, 0.15) is 11.6 Å². The Morgan fingerprint density at radius 3 is 2.54 bits per heavy atom. The third kappa shape index (κ3) is 7.97. The predicted molar refractivity (Wildman–Crippen MR) is 167 cm³/mol. The van der Waals surface area contributed by atoms with E-state index in [1.54, 1.807) is 48.7 Å². The Hall–Kier alpha value is -3.72. The van der Waals surface area contributed by atoms with E-state index in [1.807, 2.05) is 0 Å². The van der Waals surface area contributed by atoms with Crippen LogP contribution in [-0.4, -0.2) is 97.0 Å². The summed E-state index contributed by atoms with van der Waals surface area (Å²) in [6.07, 6.45) is 4.94. The first kappa shape index (κ1) is 33.6. The van der Waals surface area contributed by atoms with Gasteiger partial charge in [0.2, 0.25) is 0 Å². The van der Waals surface area contributed by atoms with Crippen LogP contribution in [0.3, 0.4) is 0 Å². The van der Waals surface area contributed by atoms with E-state index in [4.69, 9.17) is 4.74 Å². The number of imidazole rings is 1. The van der Waals surface area contributed by atoms with Crippen molar-refractivity contribution in [2.45, 2.75) is 55.8 Å². The van der Waals surface area contributed by atoms with E-state index in [0.29, 0.717) is 30.8 Å². The van der Waals surface area contributed by atoms with E-state index in [2.05, 4.69) is 15.6 Å². The predicted octanol–water partition coefficient (Wildman–Crippen LogP) is 2.65. The molecule has 2 aromatic carbocycles. The number of carbonyl (C=O) groups excluding carboxylic acids is 2. The van der Waals surface area contributed by atoms with Gasteiger partial charge in [0.15, 0.2) is 5.03 Å². The van der Waals surface area contributed by atoms with Crippen LogP contribution < -0.4 is 10.6 Å². The van der Waals surface area contributed by atoms with Gasteiger partial charge in [0.25, 0.3) is 21.8 Å². The van der Waals surface area contributed by atoms with Crippen molar-refractivity contribution < 1.29 is 31.5 Å². The van der Waals surface area contributed by atoms with Gasteiger partial charge in [0.05, 0.1) is 19.0 Å². The van der Waals surface area contributed by atoms with E-state index in [1.165, 1.54) is 29.0 Å². The Bertz CT molecular complexity index is 1660. The molecule has 0 radical (unpaired) electrons. The molecule has 248 valence electrons. The molecule has 3 atom stereocenters. The molecule has 2 fully saturated rings. The Balaban J connectivity index is 1.36. The highest BCUT2D eigenvalue weighted by Gasteiger charge is 2.33. The normalized spacial score (nSPS) is 19.7. The molecule has 0 aliphatic carbocycles. The Labute approximate surface area is 268 Å². The average molecular weight is 659 g/mol. The summed E-state index contributed by atoms with van der Waals surface area (Å²) in [5.74, 6) is -2.11. The summed E-state index contributed by atoms with van der Waals surface area (Å²) in [6, 6.07) is 7.16. The molecular weight excluding hydrogens is 618 g/mol. The van der Waals surface area contributed by atoms with Crippen molar-refractivity contribution >= 4 is 21.8 Å². The number of nitrogens with zero attached hydrogens (tertiary/aromatic N) is 4. The molecule has 1 aromatic heterocycles. The van der Waals surface area contributed by atoms with Gasteiger partial charge in [-0.25, -0.2) is 22.2 Å². The quantitative estimate of drug-likeness (QED) is 0.325. The van der Waals surface area contributed by atoms with Crippen molar-refractivity contribution in [3.63, 3.8) is 0 Å². The molecule has 2 aliphatic heterocycles. The molecule has 0 bridgehead atoms. The van der Waals surface area contributed by atoms with Crippen LogP contribution in [0.5, 0.6) is 0 Å². The van der Waals surface area contributed by atoms with Crippen LogP contribution in [0.4, 0.5) is 8.78 Å². The summed E-state index contributed by atoms with van der Waals surface area (Å²) >= 11 is 0. The molecule has 2 amide bonds. The van der Waals surface area contributed by atoms with E-state index in [9.17, 15) is 26.8 Å². The number of ether oxygens (including phenoxy) is 1. The van der Waals surface area contributed by atoms with Crippen molar-refractivity contribution in [1.82, 2.24) is 29.4 Å². The lowest BCUT2D eigenvalue weighted by atomic mass is 9.97. The maximum atomic E-state index is 14.1. The Morgan fingerprint density at radius 2 is 1.85 bits per heavy atom. The van der Waals surface area contributed by atoms with Crippen LogP contribution >= 0.6 is 0 Å². The molecule has 2 aliphatic rings. The molecular formula is C32H40F2N6O5S. The zero-order valence-corrected chi connectivity index (χ0v) is 27.0. The molecule has 2 saturated heterocycles. The second kappa shape index (κ2) is 14.4. The van der Waals surface area contributed by atoms with Gasteiger partial charge < -0.3 is 24.8 Å². The third-order valence-electron chi connectivity index (χ3n) is 8.40. The van der Waals surface area contributed by atoms with E-state index in [0.717, 1.165) is 24.5 Å². The maximum Gasteiger partial charge on any atom is 0.262 e. The molecule has 14 heteroatoms. The number of piperazine rings is 1. The molecule has 0 saturated carbocycles. The molecule has 11 nitrogen and oxygen atoms in total. The summed E-state index contributed by atoms with van der Waals surface area (Å²) in [6.45, 7) is 3.57. The first-order chi connectivity index (χ1) is 21.9. The van der Waals surface area contributed by atoms with Crippen LogP contribution in [-0.2, 0) is 28.2 Å². The number of sulfonamides is 1. The summed E-state index contributed by atoms with van der Waals surface area (Å²) < 4.78 is 63.0. The number of aromatic nitrogens is 2. The molecule has 0 unspecified atom stereocenters. The highest BCUT2D eigenvalue weighted by Crippen LogP contribution is 2.23. The van der Waals surface area contributed by atoms with E-state index < -0.39 is 33.6 Å². The van der Waals surface area contributed by atoms with Gasteiger partial charge in [-0.05, 0) is 74.1 Å². The van der Waals surface area contributed by atoms with Gasteiger partial charge in [0, 0.05) is 75.8 Å². The monoisotopic (exact) mass is 658 g/mol. The van der Waals surface area contributed by atoms with Gasteiger partial charge >= 0.3 is 0 Å². The van der Waals surface area contributed by atoms with Crippen molar-refractivity contribution in [3.05, 3.63) is 82.8 Å². The SMILES string of the molecule is COC[C@H]1CCCN1C(=O)c1cc(C)cc(C(=O)N[C@@H](Cc2cc(F)cc(F)c2)C[C@H]2CN(S(=O)(=O)c3cn(C)cn3)CCN2)c1. The zero-order chi connectivity index (χ0) is 33.0. The maximum absolute atomic E-state index is 14.1. The van der Waals surface area contributed by atoms with E-state index >= 15 is 0 Å². The number of methoxy groups -OCH3 is 1. The fourth-order valence-corrected chi connectivity index (χ4v) is 7.77. The van der Waals surface area contributed by atoms with Crippen molar-refractivity contribution in [1.29, 1.82) is 0 Å². The van der Waals surface area contributed by atoms with Crippen molar-refractivity contribution in [2.75, 3.05) is 39.9 Å². The first-order valence-corrected chi connectivity index (χ1v) is 16.8. The first-order valence-electron chi connectivity index (χ1n) is 15.3. The molecule has 3 aromatic rings. The summed E-state index contributed by atoms with van der Waals surface area (Å²) in [5.41, 5.74) is 1.74. The van der Waals surface area contributed by atoms with Gasteiger partial charge in [-0.15, -0.1) is 0 Å². The number of carbonyl (C=O) groups is 2. The Morgan fingerprint density at radius 1 is 1.11 bits per heavy atom. The minimum Gasteiger partial charge on any atom is -0.383 e. The van der Waals surface area contributed by atoms with Crippen molar-refractivity contribution in [3.8, 4) is 0 Å². The summed E-state index contributed by atoms with van der Waals surface area (Å²) in [7, 11) is -0.559. The van der Waals surface area contributed by atoms with Crippen LogP contribution in [0.15, 0.2) is 53.9 Å². The molecule has 3 heterocycles. The lowest BCUT2D eigenvalue weighted by molar-refractivity contribution is 0.0630. The van der Waals surface area contributed by atoms with E-state index in [-0.39, 0.29) is 54.5 Å². The average Bonchev–Trinajstić information content (AvgIpc) is 3.65. The fraction of sp³-hybridized carbons (Fsp3) is 0.469. The van der Waals surface area contributed by atoms with Crippen LogP contribution in [0, 0.1) is 18.6 Å². The second-order valence-corrected chi connectivity index (χ2v) is 14.0. The van der Waals surface area contributed by atoms with Crippen LogP contribution in [0.1, 0.15) is 51.1 Å². The topological polar surface area (TPSA) is 126 Å². The minimum absolute atomic E-state index is 0.0321. The Kier molecular flexibility index (Phi) is 10.5. The zero-order valence-electron chi connectivity index (χ0n) is 26.2. The lowest BCUT2D eigenvalue weighted by Crippen LogP contribution is -2.54. The second-order valence-electron chi connectivity index (χ2n) is 12.1. The summed E-state index contributed by atoms with van der Waals surface area (Å²) in [5, 5.41) is 6.26. The number of nitrogens with one attached hydrogen (secondary N) is 2. The van der Waals surface area contributed by atoms with Crippen LogP contribution in [0.2, 0.25) is 0 Å². The standard InChI is InChI=1S/C32H40F2N6O5S/c1-21-9-23(14-24(10-21)32(42)40-7-4-5-29(40)19-45-3)31(41)37-27(13-22-11-25(33)15-26(34)12-22)16-28-17-39(8-6-35-28)46(43,44)30-18-38(2)20-36-30/h9-12,14-15,18,20,27-29,35H,4-8,13,16-17,19H2,1-3H3,(H,37,41)/t27-,28-,29+/m0/s1. The highest BCUT2D eigenvalue weighted by atomic mass is 32.2. The number of amides is 2. The lowest BCUT2D eigenvalue weighted by Gasteiger charge is -2.34. The number of rotatable bonds is 11. The summed E-state index contributed by atoms with van der Waals surface area (Å²) in [4.78, 5) is 33.0. The molecule has 46 heavy (non-hydrogen) atoms. The fourth-order valence-electron chi connectivity index (χ4n) is 6.32. The number of aryl methyl sites for hydroxylation is 2. The number of likely N-dealkylation sites (tertiary alicyclic amines) is 1. The van der Waals surface area contributed by atoms with Gasteiger partial charge in [-0.2, -0.15) is 4.31 Å². The molecule has 0 spiro atoms.